The van der Waals surface area contributed by atoms with Crippen molar-refractivity contribution < 1.29 is 12.8 Å². The Morgan fingerprint density at radius 3 is 2.61 bits per heavy atom. The maximum atomic E-state index is 13.1. The molecule has 0 spiro atoms. The van der Waals surface area contributed by atoms with Crippen LogP contribution in [0.2, 0.25) is 0 Å². The van der Waals surface area contributed by atoms with E-state index in [2.05, 4.69) is 4.98 Å². The van der Waals surface area contributed by atoms with Gasteiger partial charge in [0.15, 0.2) is 0 Å². The lowest BCUT2D eigenvalue weighted by Gasteiger charge is -2.27. The molecule has 1 aliphatic rings. The molecule has 0 bridgehead atoms. The summed E-state index contributed by atoms with van der Waals surface area (Å²) in [5.41, 5.74) is 0.704. The van der Waals surface area contributed by atoms with Crippen LogP contribution in [-0.2, 0) is 16.6 Å². The minimum Gasteiger partial charge on any atom is -0.260 e. The third kappa shape index (κ3) is 3.73. The van der Waals surface area contributed by atoms with Gasteiger partial charge >= 0.3 is 0 Å². The molecule has 2 heterocycles. The SMILES string of the molecule is O=S(=O)(c1ccc(F)cc1)N(Cc1ccccn1)C1CCSC1. The van der Waals surface area contributed by atoms with E-state index in [0.717, 1.165) is 17.9 Å². The van der Waals surface area contributed by atoms with Crippen molar-refractivity contribution >= 4 is 21.8 Å². The highest BCUT2D eigenvalue weighted by Gasteiger charge is 2.33. The smallest absolute Gasteiger partial charge is 0.243 e. The molecular weight excluding hydrogens is 335 g/mol. The van der Waals surface area contributed by atoms with E-state index in [9.17, 15) is 12.8 Å². The molecule has 0 aliphatic carbocycles. The summed E-state index contributed by atoms with van der Waals surface area (Å²) in [5.74, 6) is 1.27. The number of nitrogens with zero attached hydrogens (tertiary/aromatic N) is 2. The average Bonchev–Trinajstić information content (AvgIpc) is 3.08. The van der Waals surface area contributed by atoms with Crippen molar-refractivity contribution in [3.8, 4) is 0 Å². The lowest BCUT2D eigenvalue weighted by molar-refractivity contribution is 0.331. The number of rotatable bonds is 5. The first-order chi connectivity index (χ1) is 11.1. The molecule has 1 saturated heterocycles. The Hall–Kier alpha value is -1.44. The Labute approximate surface area is 139 Å². The van der Waals surface area contributed by atoms with Crippen LogP contribution in [0, 0.1) is 5.82 Å². The van der Waals surface area contributed by atoms with E-state index in [0.29, 0.717) is 5.69 Å². The van der Waals surface area contributed by atoms with Gasteiger partial charge in [-0.15, -0.1) is 0 Å². The first-order valence-electron chi connectivity index (χ1n) is 7.32. The summed E-state index contributed by atoms with van der Waals surface area (Å²) in [5, 5.41) is 0. The van der Waals surface area contributed by atoms with Crippen LogP contribution in [0.5, 0.6) is 0 Å². The minimum atomic E-state index is -3.69. The van der Waals surface area contributed by atoms with Crippen molar-refractivity contribution in [3.05, 3.63) is 60.2 Å². The van der Waals surface area contributed by atoms with E-state index in [-0.39, 0.29) is 17.5 Å². The predicted octanol–water partition coefficient (Wildman–Crippen LogP) is 2.92. The van der Waals surface area contributed by atoms with Crippen LogP contribution in [0.4, 0.5) is 4.39 Å². The predicted molar refractivity (Wildman–Crippen MR) is 89.1 cm³/mol. The summed E-state index contributed by atoms with van der Waals surface area (Å²) in [6, 6.07) is 10.4. The number of pyridine rings is 1. The maximum absolute atomic E-state index is 13.1. The van der Waals surface area contributed by atoms with Gasteiger partial charge in [0.05, 0.1) is 17.1 Å². The van der Waals surface area contributed by atoms with Crippen LogP contribution in [0.1, 0.15) is 12.1 Å². The molecule has 3 rings (SSSR count). The highest BCUT2D eigenvalue weighted by molar-refractivity contribution is 7.99. The molecule has 1 unspecified atom stereocenters. The molecular formula is C16H17FN2O2S2. The van der Waals surface area contributed by atoms with Crippen LogP contribution in [-0.4, -0.2) is 35.3 Å². The second-order valence-electron chi connectivity index (χ2n) is 5.34. The molecule has 0 saturated carbocycles. The fourth-order valence-corrected chi connectivity index (χ4v) is 5.50. The molecule has 1 fully saturated rings. The fourth-order valence-electron chi connectivity index (χ4n) is 2.55. The maximum Gasteiger partial charge on any atom is 0.243 e. The van der Waals surface area contributed by atoms with Crippen molar-refractivity contribution in [1.29, 1.82) is 0 Å². The average molecular weight is 352 g/mol. The van der Waals surface area contributed by atoms with Crippen molar-refractivity contribution in [2.75, 3.05) is 11.5 Å². The molecule has 7 heteroatoms. The highest BCUT2D eigenvalue weighted by atomic mass is 32.2. The summed E-state index contributed by atoms with van der Waals surface area (Å²) < 4.78 is 40.6. The quantitative estimate of drug-likeness (QED) is 0.830. The molecule has 4 nitrogen and oxygen atoms in total. The van der Waals surface area contributed by atoms with Gasteiger partial charge in [-0.3, -0.25) is 4.98 Å². The van der Waals surface area contributed by atoms with Crippen molar-refractivity contribution in [2.24, 2.45) is 0 Å². The van der Waals surface area contributed by atoms with Gasteiger partial charge in [0.2, 0.25) is 10.0 Å². The van der Waals surface area contributed by atoms with Gasteiger partial charge in [-0.25, -0.2) is 12.8 Å². The van der Waals surface area contributed by atoms with Gasteiger partial charge in [-0.05, 0) is 48.6 Å². The molecule has 0 amide bonds. The van der Waals surface area contributed by atoms with E-state index in [1.54, 1.807) is 24.0 Å². The number of hydrogen-bond donors (Lipinski definition) is 0. The van der Waals surface area contributed by atoms with Gasteiger partial charge < -0.3 is 0 Å². The van der Waals surface area contributed by atoms with Crippen LogP contribution in [0.15, 0.2) is 53.6 Å². The number of aromatic nitrogens is 1. The normalized spacial score (nSPS) is 18.4. The summed E-state index contributed by atoms with van der Waals surface area (Å²) in [7, 11) is -3.69. The van der Waals surface area contributed by atoms with Crippen LogP contribution < -0.4 is 0 Å². The van der Waals surface area contributed by atoms with Crippen molar-refractivity contribution in [2.45, 2.75) is 23.9 Å². The summed E-state index contributed by atoms with van der Waals surface area (Å²) in [6.45, 7) is 0.228. The van der Waals surface area contributed by atoms with Gasteiger partial charge in [-0.2, -0.15) is 16.1 Å². The Morgan fingerprint density at radius 1 is 1.22 bits per heavy atom. The fraction of sp³-hybridized carbons (Fsp3) is 0.312. The molecule has 1 aromatic carbocycles. The third-order valence-corrected chi connectivity index (χ3v) is 6.83. The molecule has 1 aromatic heterocycles. The molecule has 0 N–H and O–H groups in total. The molecule has 122 valence electrons. The molecule has 1 aliphatic heterocycles. The van der Waals surface area contributed by atoms with Gasteiger partial charge in [0.1, 0.15) is 5.82 Å². The molecule has 0 radical (unpaired) electrons. The molecule has 2 aromatic rings. The largest absolute Gasteiger partial charge is 0.260 e. The van der Waals surface area contributed by atoms with E-state index >= 15 is 0 Å². The Morgan fingerprint density at radius 2 is 2.00 bits per heavy atom. The monoisotopic (exact) mass is 352 g/mol. The first kappa shape index (κ1) is 16.4. The van der Waals surface area contributed by atoms with Crippen molar-refractivity contribution in [1.82, 2.24) is 9.29 Å². The molecule has 1 atom stereocenters. The Kier molecular flexibility index (Phi) is 4.99. The van der Waals surface area contributed by atoms with Crippen LogP contribution >= 0.6 is 11.8 Å². The summed E-state index contributed by atoms with van der Waals surface area (Å²) in [6.07, 6.45) is 2.47. The number of thioether (sulfide) groups is 1. The minimum absolute atomic E-state index is 0.0583. The topological polar surface area (TPSA) is 50.3 Å². The van der Waals surface area contributed by atoms with Gasteiger partial charge in [-0.1, -0.05) is 6.07 Å². The lowest BCUT2D eigenvalue weighted by atomic mass is 10.2. The lowest BCUT2D eigenvalue weighted by Crippen LogP contribution is -2.40. The Bertz CT molecular complexity index is 745. The van der Waals surface area contributed by atoms with Gasteiger partial charge in [0, 0.05) is 18.0 Å². The standard InChI is InChI=1S/C16H17FN2O2S2/c17-13-4-6-16(7-5-13)23(20,21)19(15-8-10-22-12-15)11-14-3-1-2-9-18-14/h1-7,9,15H,8,10-12H2. The van der Waals surface area contributed by atoms with E-state index in [1.165, 1.54) is 28.6 Å². The zero-order valence-electron chi connectivity index (χ0n) is 12.4. The summed E-state index contributed by atoms with van der Waals surface area (Å²) in [4.78, 5) is 4.36. The third-order valence-electron chi connectivity index (χ3n) is 3.78. The van der Waals surface area contributed by atoms with Crippen LogP contribution in [0.25, 0.3) is 0 Å². The zero-order valence-corrected chi connectivity index (χ0v) is 14.1. The highest BCUT2D eigenvalue weighted by Crippen LogP contribution is 2.29. The Balaban J connectivity index is 1.94. The van der Waals surface area contributed by atoms with E-state index < -0.39 is 15.8 Å². The second kappa shape index (κ2) is 6.98. The number of halogens is 1. The number of hydrogen-bond acceptors (Lipinski definition) is 4. The van der Waals surface area contributed by atoms with E-state index in [1.807, 2.05) is 12.1 Å². The number of benzene rings is 1. The number of sulfonamides is 1. The zero-order chi connectivity index (χ0) is 16.3. The summed E-state index contributed by atoms with van der Waals surface area (Å²) >= 11 is 1.75. The van der Waals surface area contributed by atoms with Gasteiger partial charge in [0.25, 0.3) is 0 Å². The van der Waals surface area contributed by atoms with Crippen LogP contribution in [0.3, 0.4) is 0 Å². The van der Waals surface area contributed by atoms with Crippen molar-refractivity contribution in [3.63, 3.8) is 0 Å². The second-order valence-corrected chi connectivity index (χ2v) is 8.38. The van der Waals surface area contributed by atoms with E-state index in [4.69, 9.17) is 0 Å². The first-order valence-corrected chi connectivity index (χ1v) is 9.92. The molecule has 23 heavy (non-hydrogen) atoms.